The second-order valence-electron chi connectivity index (χ2n) is 7.39. The van der Waals surface area contributed by atoms with E-state index in [4.69, 9.17) is 14.2 Å². The van der Waals surface area contributed by atoms with Gasteiger partial charge in [0.05, 0.1) is 5.56 Å². The number of rotatable bonds is 8. The van der Waals surface area contributed by atoms with E-state index in [1.807, 2.05) is 85.8 Å². The van der Waals surface area contributed by atoms with Gasteiger partial charge in [-0.1, -0.05) is 66.7 Å². The Morgan fingerprint density at radius 3 is 1.94 bits per heavy atom. The largest absolute Gasteiger partial charge is 0.488 e. The Labute approximate surface area is 188 Å². The quantitative estimate of drug-likeness (QED) is 0.294. The molecule has 4 aromatic rings. The fraction of sp³-hybridized carbons (Fsp3) is 0.107. The van der Waals surface area contributed by atoms with Crippen molar-refractivity contribution in [1.29, 1.82) is 0 Å². The van der Waals surface area contributed by atoms with Crippen LogP contribution in [0.3, 0.4) is 0 Å². The van der Waals surface area contributed by atoms with Gasteiger partial charge in [0.2, 0.25) is 0 Å². The van der Waals surface area contributed by atoms with Crippen molar-refractivity contribution in [3.8, 4) is 17.2 Å². The maximum absolute atomic E-state index is 12.3. The summed E-state index contributed by atoms with van der Waals surface area (Å²) >= 11 is 0. The monoisotopic (exact) mass is 424 g/mol. The van der Waals surface area contributed by atoms with Gasteiger partial charge in [0.15, 0.2) is 0 Å². The van der Waals surface area contributed by atoms with Crippen molar-refractivity contribution in [3.05, 3.63) is 125 Å². The summed E-state index contributed by atoms with van der Waals surface area (Å²) in [6.45, 7) is 2.73. The Hall–Kier alpha value is -4.05. The Morgan fingerprint density at radius 2 is 1.28 bits per heavy atom. The zero-order valence-electron chi connectivity index (χ0n) is 17.9. The summed E-state index contributed by atoms with van der Waals surface area (Å²) in [5.74, 6) is 1.69. The molecule has 160 valence electrons. The van der Waals surface area contributed by atoms with Crippen LogP contribution in [-0.4, -0.2) is 5.97 Å². The molecule has 0 atom stereocenters. The van der Waals surface area contributed by atoms with E-state index >= 15 is 0 Å². The number of ether oxygens (including phenoxy) is 3. The van der Waals surface area contributed by atoms with Crippen LogP contribution in [-0.2, 0) is 18.0 Å². The Bertz CT molecular complexity index is 1150. The van der Waals surface area contributed by atoms with Crippen LogP contribution < -0.4 is 9.47 Å². The third kappa shape index (κ3) is 5.76. The molecule has 0 unspecified atom stereocenters. The van der Waals surface area contributed by atoms with E-state index < -0.39 is 0 Å². The fourth-order valence-corrected chi connectivity index (χ4v) is 3.14. The van der Waals surface area contributed by atoms with Gasteiger partial charge >= 0.3 is 5.97 Å². The number of benzene rings is 4. The maximum Gasteiger partial charge on any atom is 0.338 e. The first-order valence-corrected chi connectivity index (χ1v) is 10.4. The molecule has 0 aliphatic heterocycles. The third-order valence-corrected chi connectivity index (χ3v) is 4.94. The average molecular weight is 424 g/mol. The van der Waals surface area contributed by atoms with Crippen molar-refractivity contribution < 1.29 is 19.0 Å². The minimum Gasteiger partial charge on any atom is -0.488 e. The molecule has 0 spiro atoms. The van der Waals surface area contributed by atoms with E-state index in [-0.39, 0.29) is 12.6 Å². The molecule has 32 heavy (non-hydrogen) atoms. The van der Waals surface area contributed by atoms with Crippen LogP contribution >= 0.6 is 0 Å². The molecule has 0 saturated heterocycles. The summed E-state index contributed by atoms with van der Waals surface area (Å²) in [6, 6.07) is 32.3. The molecule has 0 radical (unpaired) electrons. The van der Waals surface area contributed by atoms with Gasteiger partial charge in [-0.3, -0.25) is 0 Å². The lowest BCUT2D eigenvalue weighted by atomic mass is 10.2. The van der Waals surface area contributed by atoms with Gasteiger partial charge in [0.25, 0.3) is 0 Å². The summed E-state index contributed by atoms with van der Waals surface area (Å²) < 4.78 is 17.3. The van der Waals surface area contributed by atoms with Crippen LogP contribution in [0.15, 0.2) is 103 Å². The van der Waals surface area contributed by atoms with Crippen LogP contribution in [0.2, 0.25) is 0 Å². The van der Waals surface area contributed by atoms with Gasteiger partial charge in [-0.2, -0.15) is 0 Å². The first-order chi connectivity index (χ1) is 15.7. The molecule has 0 heterocycles. The summed E-state index contributed by atoms with van der Waals surface area (Å²) in [5, 5.41) is 0. The lowest BCUT2D eigenvalue weighted by molar-refractivity contribution is 0.0472. The van der Waals surface area contributed by atoms with Gasteiger partial charge in [-0.15, -0.1) is 0 Å². The predicted molar refractivity (Wildman–Crippen MR) is 124 cm³/mol. The van der Waals surface area contributed by atoms with Crippen molar-refractivity contribution in [2.45, 2.75) is 20.1 Å². The van der Waals surface area contributed by atoms with Crippen LogP contribution in [0, 0.1) is 6.92 Å². The molecule has 0 aromatic heterocycles. The highest BCUT2D eigenvalue weighted by Gasteiger charge is 2.09. The van der Waals surface area contributed by atoms with E-state index in [0.717, 1.165) is 22.4 Å². The second kappa shape index (κ2) is 10.3. The zero-order valence-corrected chi connectivity index (χ0v) is 17.9. The minimum absolute atomic E-state index is 0.243. The number of aryl methyl sites for hydroxylation is 1. The normalized spacial score (nSPS) is 10.4. The van der Waals surface area contributed by atoms with Gasteiger partial charge in [-0.25, -0.2) is 4.79 Å². The molecule has 0 saturated carbocycles. The van der Waals surface area contributed by atoms with Crippen LogP contribution in [0.4, 0.5) is 0 Å². The first-order valence-electron chi connectivity index (χ1n) is 10.4. The number of esters is 1. The Balaban J connectivity index is 1.36. The van der Waals surface area contributed by atoms with Gasteiger partial charge in [0, 0.05) is 6.07 Å². The highest BCUT2D eigenvalue weighted by molar-refractivity contribution is 5.89. The molecular weight excluding hydrogens is 400 g/mol. The van der Waals surface area contributed by atoms with E-state index in [0.29, 0.717) is 23.7 Å². The summed E-state index contributed by atoms with van der Waals surface area (Å²) in [5.41, 5.74) is 3.56. The highest BCUT2D eigenvalue weighted by Crippen LogP contribution is 2.29. The molecule has 4 aromatic carbocycles. The number of carbonyl (C=O) groups excluding carboxylic acids is 1. The Morgan fingerprint density at radius 1 is 0.688 bits per heavy atom. The first kappa shape index (κ1) is 21.2. The number of carbonyl (C=O) groups is 1. The van der Waals surface area contributed by atoms with Gasteiger partial charge in [0.1, 0.15) is 30.5 Å². The average Bonchev–Trinajstić information content (AvgIpc) is 2.84. The van der Waals surface area contributed by atoms with Gasteiger partial charge < -0.3 is 14.2 Å². The number of hydrogen-bond donors (Lipinski definition) is 0. The standard InChI is InChI=1S/C28H24O4/c1-21-12-15-26(18-27(21)30-19-22-8-4-2-5-9-22)32-25-16-13-24(14-17-25)28(29)31-20-23-10-6-3-7-11-23/h2-18H,19-20H2,1H3. The fourth-order valence-electron chi connectivity index (χ4n) is 3.14. The van der Waals surface area contributed by atoms with Crippen molar-refractivity contribution >= 4 is 5.97 Å². The van der Waals surface area contributed by atoms with Crippen molar-refractivity contribution in [1.82, 2.24) is 0 Å². The van der Waals surface area contributed by atoms with E-state index in [2.05, 4.69) is 0 Å². The molecule has 4 rings (SSSR count). The third-order valence-electron chi connectivity index (χ3n) is 4.94. The summed E-state index contributed by atoms with van der Waals surface area (Å²) in [6.07, 6.45) is 0. The molecule has 4 heteroatoms. The molecule has 4 nitrogen and oxygen atoms in total. The van der Waals surface area contributed by atoms with Crippen molar-refractivity contribution in [2.75, 3.05) is 0 Å². The minimum atomic E-state index is -0.368. The predicted octanol–water partition coefficient (Wildman–Crippen LogP) is 6.72. The molecule has 0 bridgehead atoms. The molecule has 0 N–H and O–H groups in total. The van der Waals surface area contributed by atoms with Crippen LogP contribution in [0.5, 0.6) is 17.2 Å². The van der Waals surface area contributed by atoms with Gasteiger partial charge in [-0.05, 0) is 53.9 Å². The Kier molecular flexibility index (Phi) is 6.83. The maximum atomic E-state index is 12.3. The second-order valence-corrected chi connectivity index (χ2v) is 7.39. The molecular formula is C28H24O4. The molecule has 0 fully saturated rings. The molecule has 0 amide bonds. The lowest BCUT2D eigenvalue weighted by Gasteiger charge is -2.12. The number of hydrogen-bond acceptors (Lipinski definition) is 4. The highest BCUT2D eigenvalue weighted by atomic mass is 16.5. The summed E-state index contributed by atoms with van der Waals surface area (Å²) in [7, 11) is 0. The molecule has 0 aliphatic carbocycles. The SMILES string of the molecule is Cc1ccc(Oc2ccc(C(=O)OCc3ccccc3)cc2)cc1OCc1ccccc1. The van der Waals surface area contributed by atoms with Crippen molar-refractivity contribution in [2.24, 2.45) is 0 Å². The topological polar surface area (TPSA) is 44.8 Å². The molecule has 0 aliphatic rings. The van der Waals surface area contributed by atoms with E-state index in [1.54, 1.807) is 24.3 Å². The van der Waals surface area contributed by atoms with Crippen LogP contribution in [0.1, 0.15) is 27.0 Å². The van der Waals surface area contributed by atoms with Crippen molar-refractivity contribution in [3.63, 3.8) is 0 Å². The zero-order chi connectivity index (χ0) is 22.2. The van der Waals surface area contributed by atoms with Crippen LogP contribution in [0.25, 0.3) is 0 Å². The lowest BCUT2D eigenvalue weighted by Crippen LogP contribution is -2.05. The van der Waals surface area contributed by atoms with E-state index in [1.165, 1.54) is 0 Å². The van der Waals surface area contributed by atoms with E-state index in [9.17, 15) is 4.79 Å². The smallest absolute Gasteiger partial charge is 0.338 e. The summed E-state index contributed by atoms with van der Waals surface area (Å²) in [4.78, 5) is 12.3.